The minimum atomic E-state index is -0.809. The van der Waals surface area contributed by atoms with E-state index >= 15 is 0 Å². The number of rotatable bonds is 4. The van der Waals surface area contributed by atoms with E-state index in [0.717, 1.165) is 19.3 Å². The zero-order valence-corrected chi connectivity index (χ0v) is 13.7. The number of nitrogens with one attached hydrogen (secondary N) is 1. The molecule has 1 amide bonds. The molecule has 5 nitrogen and oxygen atoms in total. The highest BCUT2D eigenvalue weighted by Crippen LogP contribution is 2.67. The van der Waals surface area contributed by atoms with E-state index in [2.05, 4.69) is 38.2 Å². The molecule has 21 heavy (non-hydrogen) atoms. The third-order valence-electron chi connectivity index (χ3n) is 6.53. The number of amides is 1. The minimum absolute atomic E-state index is 0.0639. The molecule has 0 aromatic carbocycles. The monoisotopic (exact) mass is 295 g/mol. The lowest BCUT2D eigenvalue weighted by Gasteiger charge is -2.34. The molecule has 2 fully saturated rings. The number of hydrogen-bond acceptors (Lipinski definition) is 3. The van der Waals surface area contributed by atoms with Crippen molar-refractivity contribution >= 4 is 11.7 Å². The van der Waals surface area contributed by atoms with Gasteiger partial charge in [0.05, 0.1) is 0 Å². The fourth-order valence-corrected chi connectivity index (χ4v) is 4.06. The molecule has 2 aliphatic rings. The molecule has 0 spiro atoms. The highest BCUT2D eigenvalue weighted by atomic mass is 16.4. The largest absolute Gasteiger partial charge is 0.409 e. The van der Waals surface area contributed by atoms with Crippen LogP contribution in [0, 0.1) is 22.2 Å². The van der Waals surface area contributed by atoms with Crippen LogP contribution in [0.3, 0.4) is 0 Å². The third-order valence-corrected chi connectivity index (χ3v) is 6.53. The average molecular weight is 295 g/mol. The molecule has 4 N–H and O–H groups in total. The molecule has 2 rings (SSSR count). The van der Waals surface area contributed by atoms with Crippen molar-refractivity contribution < 1.29 is 10.0 Å². The Kier molecular flexibility index (Phi) is 3.98. The highest BCUT2D eigenvalue weighted by Gasteiger charge is 2.64. The Morgan fingerprint density at radius 1 is 1.19 bits per heavy atom. The lowest BCUT2D eigenvalue weighted by atomic mass is 9.72. The molecule has 0 aliphatic heterocycles. The molecule has 0 aromatic rings. The quantitative estimate of drug-likeness (QED) is 0.322. The third kappa shape index (κ3) is 2.40. The van der Waals surface area contributed by atoms with Crippen LogP contribution in [0.1, 0.15) is 59.8 Å². The first-order valence-corrected chi connectivity index (χ1v) is 7.96. The van der Waals surface area contributed by atoms with E-state index < -0.39 is 5.41 Å². The Morgan fingerprint density at radius 2 is 1.71 bits per heavy atom. The van der Waals surface area contributed by atoms with Gasteiger partial charge in [0.15, 0.2) is 5.84 Å². The van der Waals surface area contributed by atoms with Crippen molar-refractivity contribution in [3.8, 4) is 0 Å². The van der Waals surface area contributed by atoms with Crippen LogP contribution in [0.15, 0.2) is 5.16 Å². The van der Waals surface area contributed by atoms with Gasteiger partial charge in [-0.15, -0.1) is 0 Å². The van der Waals surface area contributed by atoms with Crippen LogP contribution in [0.4, 0.5) is 0 Å². The molecule has 0 atom stereocenters. The lowest BCUT2D eigenvalue weighted by Crippen LogP contribution is -2.51. The zero-order valence-electron chi connectivity index (χ0n) is 13.7. The summed E-state index contributed by atoms with van der Waals surface area (Å²) in [4.78, 5) is 12.7. The van der Waals surface area contributed by atoms with E-state index in [1.807, 2.05) is 0 Å². The fraction of sp³-hybridized carbons (Fsp3) is 0.875. The van der Waals surface area contributed by atoms with Crippen LogP contribution < -0.4 is 11.1 Å². The van der Waals surface area contributed by atoms with Crippen molar-refractivity contribution in [2.24, 2.45) is 33.1 Å². The number of oxime groups is 1. The van der Waals surface area contributed by atoms with Crippen LogP contribution in [-0.2, 0) is 4.79 Å². The van der Waals surface area contributed by atoms with Crippen molar-refractivity contribution in [1.29, 1.82) is 0 Å². The Labute approximate surface area is 127 Å². The summed E-state index contributed by atoms with van der Waals surface area (Å²) >= 11 is 0. The second-order valence-corrected chi connectivity index (χ2v) is 7.83. The highest BCUT2D eigenvalue weighted by molar-refractivity contribution is 6.06. The number of carbonyl (C=O) groups is 1. The Morgan fingerprint density at radius 3 is 2.14 bits per heavy atom. The predicted octanol–water partition coefficient (Wildman–Crippen LogP) is 2.48. The van der Waals surface area contributed by atoms with E-state index in [1.54, 1.807) is 0 Å². The summed E-state index contributed by atoms with van der Waals surface area (Å²) in [7, 11) is 0. The smallest absolute Gasteiger partial charge is 0.233 e. The normalized spacial score (nSPS) is 27.1. The molecule has 0 heterocycles. The Bertz CT molecular complexity index is 434. The molecule has 0 radical (unpaired) electrons. The van der Waals surface area contributed by atoms with Gasteiger partial charge in [0.1, 0.15) is 5.41 Å². The maximum absolute atomic E-state index is 12.7. The molecule has 120 valence electrons. The van der Waals surface area contributed by atoms with Crippen LogP contribution in [0.5, 0.6) is 0 Å². The van der Waals surface area contributed by atoms with Crippen LogP contribution in [-0.4, -0.2) is 23.5 Å². The summed E-state index contributed by atoms with van der Waals surface area (Å²) in [5, 5.41) is 15.2. The van der Waals surface area contributed by atoms with Crippen molar-refractivity contribution in [3.05, 3.63) is 0 Å². The molecule has 2 aliphatic carbocycles. The maximum Gasteiger partial charge on any atom is 0.233 e. The van der Waals surface area contributed by atoms with E-state index in [4.69, 9.17) is 10.9 Å². The van der Waals surface area contributed by atoms with Gasteiger partial charge in [0.2, 0.25) is 5.91 Å². The summed E-state index contributed by atoms with van der Waals surface area (Å²) in [5.41, 5.74) is 5.54. The number of carbonyl (C=O) groups excluding carboxylic acids is 1. The summed E-state index contributed by atoms with van der Waals surface area (Å²) in [6, 6.07) is 0. The second kappa shape index (κ2) is 5.18. The molecule has 0 saturated heterocycles. The van der Waals surface area contributed by atoms with E-state index in [-0.39, 0.29) is 22.6 Å². The first-order chi connectivity index (χ1) is 9.70. The number of amidine groups is 1. The van der Waals surface area contributed by atoms with Gasteiger partial charge in [-0.2, -0.15) is 0 Å². The maximum atomic E-state index is 12.7. The first-order valence-electron chi connectivity index (χ1n) is 7.96. The van der Waals surface area contributed by atoms with E-state index in [0.29, 0.717) is 25.3 Å². The van der Waals surface area contributed by atoms with Gasteiger partial charge >= 0.3 is 0 Å². The predicted molar refractivity (Wildman–Crippen MR) is 83.0 cm³/mol. The van der Waals surface area contributed by atoms with Crippen molar-refractivity contribution in [2.75, 3.05) is 6.54 Å². The van der Waals surface area contributed by atoms with Gasteiger partial charge < -0.3 is 16.3 Å². The molecular weight excluding hydrogens is 266 g/mol. The lowest BCUT2D eigenvalue weighted by molar-refractivity contribution is -0.129. The van der Waals surface area contributed by atoms with E-state index in [1.165, 1.54) is 0 Å². The van der Waals surface area contributed by atoms with Gasteiger partial charge in [-0.3, -0.25) is 4.79 Å². The summed E-state index contributed by atoms with van der Waals surface area (Å²) in [5.74, 6) is 0.465. The molecular formula is C16H29N3O2. The van der Waals surface area contributed by atoms with Crippen LogP contribution >= 0.6 is 0 Å². The molecule has 0 bridgehead atoms. The van der Waals surface area contributed by atoms with Gasteiger partial charge in [-0.1, -0.05) is 52.1 Å². The van der Waals surface area contributed by atoms with Gasteiger partial charge in [-0.05, 0) is 29.6 Å². The van der Waals surface area contributed by atoms with Crippen molar-refractivity contribution in [3.63, 3.8) is 0 Å². The van der Waals surface area contributed by atoms with E-state index in [9.17, 15) is 4.79 Å². The van der Waals surface area contributed by atoms with Gasteiger partial charge in [0, 0.05) is 6.54 Å². The summed E-state index contributed by atoms with van der Waals surface area (Å²) in [6.45, 7) is 9.63. The average Bonchev–Trinajstić information content (AvgIpc) is 2.85. The van der Waals surface area contributed by atoms with Crippen LogP contribution in [0.2, 0.25) is 0 Å². The van der Waals surface area contributed by atoms with Crippen molar-refractivity contribution in [1.82, 2.24) is 5.32 Å². The fourth-order valence-electron chi connectivity index (χ4n) is 4.06. The topological polar surface area (TPSA) is 87.7 Å². The van der Waals surface area contributed by atoms with Crippen LogP contribution in [0.25, 0.3) is 0 Å². The number of hydrogen-bond donors (Lipinski definition) is 3. The Balaban J connectivity index is 2.04. The first kappa shape index (κ1) is 16.1. The number of nitrogens with zero attached hydrogens (tertiary/aromatic N) is 1. The minimum Gasteiger partial charge on any atom is -0.409 e. The summed E-state index contributed by atoms with van der Waals surface area (Å²) < 4.78 is 0. The zero-order chi connectivity index (χ0) is 15.9. The molecule has 0 unspecified atom stereocenters. The standard InChI is InChI=1S/C16H29N3O2/c1-14(2)11(15(14,3)4)10-18-13(20)16(12(17)19-21)8-6-5-7-9-16/h11,21H,5-10H2,1-4H3,(H2,17,19)(H,18,20). The molecule has 0 aromatic heterocycles. The van der Waals surface area contributed by atoms with Gasteiger partial charge in [0.25, 0.3) is 0 Å². The van der Waals surface area contributed by atoms with Crippen molar-refractivity contribution in [2.45, 2.75) is 59.8 Å². The van der Waals surface area contributed by atoms with Gasteiger partial charge in [-0.25, -0.2) is 0 Å². The Hall–Kier alpha value is -1.26. The molecule has 5 heteroatoms. The SMILES string of the molecule is CC1(C)C(CNC(=O)C2(C(N)=NO)CCCCC2)C1(C)C. The summed E-state index contributed by atoms with van der Waals surface area (Å²) in [6.07, 6.45) is 4.35. The molecule has 2 saturated carbocycles. The number of nitrogens with two attached hydrogens (primary N) is 1. The second-order valence-electron chi connectivity index (χ2n) is 7.83.